The van der Waals surface area contributed by atoms with E-state index in [1.807, 2.05) is 0 Å². The van der Waals surface area contributed by atoms with Gasteiger partial charge < -0.3 is 57.9 Å². The SMILES string of the molecule is CC[C@H](C)[C@H](NC(=O)[C@H](C)NC(=O)[C@H](CCC(=O)O)NC(=O)[C@H](Cc1ccccc1)NC(=O)[C@H](Cc1ccccc1)NC(=O)[C@@H](NC(=O)[C@@H](N)CC(=O)O)C(C)C)C(=O)N1CCC[C@H]1C(=O)O. The molecule has 1 fully saturated rings. The summed E-state index contributed by atoms with van der Waals surface area (Å²) < 4.78 is 0. The summed E-state index contributed by atoms with van der Waals surface area (Å²) in [5, 5.41) is 43.7. The normalized spacial score (nSPS) is 16.9. The summed E-state index contributed by atoms with van der Waals surface area (Å²) in [6, 6.07) is 6.39. The molecule has 3 rings (SSSR count). The molecule has 0 unspecified atom stereocenters. The second-order valence-corrected chi connectivity index (χ2v) is 17.1. The second kappa shape index (κ2) is 26.3. The van der Waals surface area contributed by atoms with Crippen molar-refractivity contribution in [2.75, 3.05) is 6.54 Å². The lowest BCUT2D eigenvalue weighted by atomic mass is 9.97. The van der Waals surface area contributed by atoms with Crippen LogP contribution in [0.3, 0.4) is 0 Å². The number of nitrogens with one attached hydrogen (secondary N) is 6. The summed E-state index contributed by atoms with van der Waals surface area (Å²) in [7, 11) is 0. The maximum absolute atomic E-state index is 14.3. The zero-order chi connectivity index (χ0) is 50.0. The van der Waals surface area contributed by atoms with Gasteiger partial charge in [-0.2, -0.15) is 0 Å². The molecule has 0 radical (unpaired) electrons. The molecule has 21 heteroatoms. The van der Waals surface area contributed by atoms with Crippen molar-refractivity contribution < 1.29 is 63.3 Å². The topological polar surface area (TPSA) is 333 Å². The Hall–Kier alpha value is -6.90. The van der Waals surface area contributed by atoms with Crippen LogP contribution < -0.4 is 37.6 Å². The van der Waals surface area contributed by atoms with Gasteiger partial charge >= 0.3 is 17.9 Å². The molecule has 0 aliphatic carbocycles. The fourth-order valence-corrected chi connectivity index (χ4v) is 7.34. The van der Waals surface area contributed by atoms with Crippen molar-refractivity contribution in [2.45, 2.75) is 134 Å². The molecule has 1 aliphatic rings. The summed E-state index contributed by atoms with van der Waals surface area (Å²) in [5.74, 6) is -10.6. The molecular weight excluding hydrogens is 873 g/mol. The van der Waals surface area contributed by atoms with Crippen molar-refractivity contribution in [1.82, 2.24) is 36.8 Å². The van der Waals surface area contributed by atoms with Gasteiger partial charge in [0.1, 0.15) is 42.3 Å². The molecule has 1 aliphatic heterocycles. The van der Waals surface area contributed by atoms with Crippen LogP contribution in [0.2, 0.25) is 0 Å². The number of hydrogen-bond donors (Lipinski definition) is 10. The van der Waals surface area contributed by atoms with Crippen LogP contribution in [-0.4, -0.2) is 134 Å². The van der Waals surface area contributed by atoms with E-state index in [0.717, 1.165) is 0 Å². The van der Waals surface area contributed by atoms with E-state index in [9.17, 15) is 58.2 Å². The van der Waals surface area contributed by atoms with Gasteiger partial charge in [0.2, 0.25) is 41.4 Å². The highest BCUT2D eigenvalue weighted by molar-refractivity contribution is 5.98. The fourth-order valence-electron chi connectivity index (χ4n) is 7.34. The number of carboxylic acid groups (broad SMARTS) is 3. The number of carbonyl (C=O) groups is 10. The van der Waals surface area contributed by atoms with Crippen LogP contribution in [-0.2, 0) is 60.8 Å². The van der Waals surface area contributed by atoms with Crippen LogP contribution in [0.4, 0.5) is 0 Å². The Labute approximate surface area is 388 Å². The number of nitrogens with zero attached hydrogens (tertiary/aromatic N) is 1. The third-order valence-corrected chi connectivity index (χ3v) is 11.4. The van der Waals surface area contributed by atoms with Gasteiger partial charge in [-0.05, 0) is 49.1 Å². The number of nitrogens with two attached hydrogens (primary N) is 1. The molecule has 7 amide bonds. The van der Waals surface area contributed by atoms with Gasteiger partial charge in [0.05, 0.1) is 12.5 Å². The van der Waals surface area contributed by atoms with Crippen LogP contribution in [0.25, 0.3) is 0 Å². The van der Waals surface area contributed by atoms with E-state index < -0.39 is 139 Å². The molecule has 366 valence electrons. The van der Waals surface area contributed by atoms with E-state index in [2.05, 4.69) is 31.9 Å². The monoisotopic (exact) mass is 936 g/mol. The third kappa shape index (κ3) is 17.1. The van der Waals surface area contributed by atoms with Gasteiger partial charge in [0.15, 0.2) is 0 Å². The first kappa shape index (κ1) is 54.4. The Balaban J connectivity index is 1.89. The molecule has 67 heavy (non-hydrogen) atoms. The van der Waals surface area contributed by atoms with Crippen LogP contribution in [0.15, 0.2) is 60.7 Å². The van der Waals surface area contributed by atoms with Crippen molar-refractivity contribution in [1.29, 1.82) is 0 Å². The average Bonchev–Trinajstić information content (AvgIpc) is 3.78. The largest absolute Gasteiger partial charge is 0.481 e. The minimum Gasteiger partial charge on any atom is -0.481 e. The summed E-state index contributed by atoms with van der Waals surface area (Å²) in [5.41, 5.74) is 6.90. The highest BCUT2D eigenvalue weighted by Crippen LogP contribution is 2.22. The van der Waals surface area contributed by atoms with Crippen molar-refractivity contribution in [3.8, 4) is 0 Å². The lowest BCUT2D eigenvalue weighted by Crippen LogP contribution is -2.61. The van der Waals surface area contributed by atoms with E-state index in [-0.39, 0.29) is 25.8 Å². The minimum absolute atomic E-state index is 0.0966. The minimum atomic E-state index is -1.57. The Morgan fingerprint density at radius 3 is 1.60 bits per heavy atom. The van der Waals surface area contributed by atoms with Gasteiger partial charge in [0, 0.05) is 25.8 Å². The van der Waals surface area contributed by atoms with Crippen LogP contribution in [0.5, 0.6) is 0 Å². The molecule has 0 bridgehead atoms. The second-order valence-electron chi connectivity index (χ2n) is 17.1. The van der Waals surface area contributed by atoms with Crippen LogP contribution in [0, 0.1) is 11.8 Å². The van der Waals surface area contributed by atoms with Gasteiger partial charge in [0.25, 0.3) is 0 Å². The number of amides is 7. The Kier molecular flexibility index (Phi) is 21.4. The van der Waals surface area contributed by atoms with E-state index in [1.165, 1.54) is 11.8 Å². The highest BCUT2D eigenvalue weighted by Gasteiger charge is 2.40. The number of hydrogen-bond acceptors (Lipinski definition) is 11. The third-order valence-electron chi connectivity index (χ3n) is 11.4. The van der Waals surface area contributed by atoms with E-state index in [4.69, 9.17) is 10.8 Å². The van der Waals surface area contributed by atoms with Crippen LogP contribution >= 0.6 is 0 Å². The molecule has 1 saturated heterocycles. The lowest BCUT2D eigenvalue weighted by Gasteiger charge is -2.31. The first-order valence-corrected chi connectivity index (χ1v) is 22.3. The summed E-state index contributed by atoms with van der Waals surface area (Å²) in [4.78, 5) is 132. The van der Waals surface area contributed by atoms with Gasteiger partial charge in [-0.25, -0.2) is 4.79 Å². The van der Waals surface area contributed by atoms with Gasteiger partial charge in [-0.1, -0.05) is 94.8 Å². The van der Waals surface area contributed by atoms with Gasteiger partial charge in [-0.3, -0.25) is 43.2 Å². The first-order valence-electron chi connectivity index (χ1n) is 22.3. The van der Waals surface area contributed by atoms with Crippen molar-refractivity contribution in [3.63, 3.8) is 0 Å². The summed E-state index contributed by atoms with van der Waals surface area (Å²) in [6.45, 7) is 8.23. The van der Waals surface area contributed by atoms with E-state index in [0.29, 0.717) is 24.0 Å². The Morgan fingerprint density at radius 1 is 0.627 bits per heavy atom. The molecule has 1 heterocycles. The lowest BCUT2D eigenvalue weighted by molar-refractivity contribution is -0.150. The molecule has 21 nitrogen and oxygen atoms in total. The Bertz CT molecular complexity index is 2070. The van der Waals surface area contributed by atoms with Gasteiger partial charge in [-0.15, -0.1) is 0 Å². The zero-order valence-corrected chi connectivity index (χ0v) is 38.4. The summed E-state index contributed by atoms with van der Waals surface area (Å²) in [6.07, 6.45) is -0.824. The van der Waals surface area contributed by atoms with Crippen LogP contribution in [0.1, 0.15) is 84.3 Å². The smallest absolute Gasteiger partial charge is 0.326 e. The Morgan fingerprint density at radius 2 is 1.12 bits per heavy atom. The molecule has 11 N–H and O–H groups in total. The number of carboxylic acids is 3. The molecule has 9 atom stereocenters. The van der Waals surface area contributed by atoms with Crippen molar-refractivity contribution >= 4 is 59.3 Å². The number of benzene rings is 2. The highest BCUT2D eigenvalue weighted by atomic mass is 16.4. The molecule has 0 saturated carbocycles. The maximum Gasteiger partial charge on any atom is 0.326 e. The summed E-state index contributed by atoms with van der Waals surface area (Å²) >= 11 is 0. The van der Waals surface area contributed by atoms with E-state index >= 15 is 0 Å². The predicted octanol–water partition coefficient (Wildman–Crippen LogP) is -0.155. The maximum atomic E-state index is 14.3. The van der Waals surface area contributed by atoms with Crippen molar-refractivity contribution in [3.05, 3.63) is 71.8 Å². The standard InChI is InChI=1S/C46H64N8O13/c1-6-26(4)38(45(65)54-21-13-18-34(54)46(66)67)53-39(59)27(5)48-41(61)31(19-20-35(55)56)49-42(62)32(22-28-14-9-7-10-15-28)50-43(63)33(23-29-16-11-8-12-17-29)51-44(64)37(25(2)3)52-40(60)30(47)24-36(57)58/h7-12,14-17,25-27,30-34,37-38H,6,13,18-24,47H2,1-5H3,(H,48,61)(H,49,62)(H,50,63)(H,51,64)(H,52,60)(H,53,59)(H,55,56)(H,57,58)(H,66,67)/t26-,27-,30-,31-,32-,33-,34-,37-,38-/m0/s1. The first-order chi connectivity index (χ1) is 31.6. The number of rotatable bonds is 26. The fraction of sp³-hybridized carbons (Fsp3) is 0.522. The number of aliphatic carboxylic acids is 3. The zero-order valence-electron chi connectivity index (χ0n) is 38.4. The van der Waals surface area contributed by atoms with Crippen molar-refractivity contribution in [2.24, 2.45) is 17.6 Å². The quantitative estimate of drug-likeness (QED) is 0.0587. The molecule has 0 aromatic heterocycles. The molecule has 2 aromatic carbocycles. The molecular formula is C46H64N8O13. The van der Waals surface area contributed by atoms with E-state index in [1.54, 1.807) is 88.4 Å². The average molecular weight is 937 g/mol. The number of carbonyl (C=O) groups excluding carboxylic acids is 7. The number of likely N-dealkylation sites (tertiary alicyclic amines) is 1. The molecule has 2 aromatic rings. The predicted molar refractivity (Wildman–Crippen MR) is 241 cm³/mol. The molecule has 0 spiro atoms.